The molecule has 0 spiro atoms. The zero-order valence-corrected chi connectivity index (χ0v) is 17.4. The van der Waals surface area contributed by atoms with Crippen molar-refractivity contribution in [2.75, 3.05) is 0 Å². The molecule has 0 saturated carbocycles. The van der Waals surface area contributed by atoms with Crippen molar-refractivity contribution in [1.82, 2.24) is 9.55 Å². The number of fused-ring (bicyclic) bond motifs is 2. The zero-order valence-electron chi connectivity index (χ0n) is 15.7. The van der Waals surface area contributed by atoms with Crippen molar-refractivity contribution in [3.63, 3.8) is 0 Å². The molecule has 3 aromatic heterocycles. The van der Waals surface area contributed by atoms with E-state index in [4.69, 9.17) is 4.42 Å². The minimum absolute atomic E-state index is 0.00447. The van der Waals surface area contributed by atoms with Gasteiger partial charge in [-0.3, -0.25) is 9.36 Å². The topological polar surface area (TPSA) is 85.3 Å². The molecule has 0 amide bonds. The molecule has 0 atom stereocenters. The van der Waals surface area contributed by atoms with Crippen LogP contribution in [-0.4, -0.2) is 14.7 Å². The number of hydrogen-bond acceptors (Lipinski definition) is 7. The van der Waals surface area contributed by atoms with Crippen LogP contribution in [0.2, 0.25) is 0 Å². The molecule has 0 saturated heterocycles. The molecule has 0 radical (unpaired) electrons. The van der Waals surface area contributed by atoms with Crippen LogP contribution < -0.4 is 11.2 Å². The average molecular weight is 452 g/mol. The van der Waals surface area contributed by atoms with Crippen molar-refractivity contribution >= 4 is 44.3 Å². The highest BCUT2D eigenvalue weighted by atomic mass is 32.2. The van der Waals surface area contributed by atoms with Gasteiger partial charge < -0.3 is 9.52 Å². The number of benzene rings is 2. The fraction of sp³-hybridized carbons (Fsp3) is 0.0455. The molecule has 9 heteroatoms. The molecule has 6 nitrogen and oxygen atoms in total. The number of aromatic nitrogens is 2. The van der Waals surface area contributed by atoms with Crippen molar-refractivity contribution in [2.45, 2.75) is 10.9 Å². The Balaban J connectivity index is 1.62. The van der Waals surface area contributed by atoms with Gasteiger partial charge in [-0.2, -0.15) is 0 Å². The van der Waals surface area contributed by atoms with Gasteiger partial charge in [0.1, 0.15) is 21.8 Å². The minimum Gasteiger partial charge on any atom is -0.508 e. The Morgan fingerprint density at radius 2 is 1.90 bits per heavy atom. The fourth-order valence-electron chi connectivity index (χ4n) is 3.29. The first-order valence-corrected chi connectivity index (χ1v) is 11.0. The summed E-state index contributed by atoms with van der Waals surface area (Å²) in [4.78, 5) is 29.8. The van der Waals surface area contributed by atoms with Gasteiger partial charge in [-0.05, 0) is 53.4 Å². The maximum absolute atomic E-state index is 13.4. The molecule has 1 N–H and O–H groups in total. The first-order chi connectivity index (χ1) is 15.0. The van der Waals surface area contributed by atoms with Crippen LogP contribution in [0.1, 0.15) is 5.56 Å². The highest BCUT2D eigenvalue weighted by Gasteiger charge is 2.16. The number of phenolic OH excluding ortho intramolecular Hbond substituents is 1. The molecule has 0 unspecified atom stereocenters. The summed E-state index contributed by atoms with van der Waals surface area (Å²) in [5.74, 6) is -0.0760. The van der Waals surface area contributed by atoms with Crippen LogP contribution in [0.5, 0.6) is 5.75 Å². The van der Waals surface area contributed by atoms with Crippen LogP contribution in [0.25, 0.3) is 26.9 Å². The van der Waals surface area contributed by atoms with Gasteiger partial charge in [0.05, 0.1) is 11.2 Å². The Morgan fingerprint density at radius 1 is 1.10 bits per heavy atom. The summed E-state index contributed by atoms with van der Waals surface area (Å²) < 4.78 is 20.6. The third-order valence-electron chi connectivity index (χ3n) is 4.70. The minimum atomic E-state index is -0.536. The predicted molar refractivity (Wildman–Crippen MR) is 119 cm³/mol. The summed E-state index contributed by atoms with van der Waals surface area (Å²) in [6, 6.07) is 13.4. The number of hydrogen-bond donors (Lipinski definition) is 1. The molecule has 0 aliphatic heterocycles. The lowest BCUT2D eigenvalue weighted by molar-refractivity contribution is 0.473. The first kappa shape index (κ1) is 19.5. The van der Waals surface area contributed by atoms with Gasteiger partial charge in [0, 0.05) is 23.3 Å². The molecule has 5 aromatic rings. The summed E-state index contributed by atoms with van der Waals surface area (Å²) in [5.41, 5.74) is 1.27. The lowest BCUT2D eigenvalue weighted by Gasteiger charge is -2.12. The van der Waals surface area contributed by atoms with Gasteiger partial charge in [-0.15, -0.1) is 11.3 Å². The second kappa shape index (κ2) is 7.68. The number of phenols is 1. The first-order valence-electron chi connectivity index (χ1n) is 9.14. The van der Waals surface area contributed by atoms with Crippen LogP contribution in [0.3, 0.4) is 0 Å². The van der Waals surface area contributed by atoms with Gasteiger partial charge >= 0.3 is 5.63 Å². The third kappa shape index (κ3) is 3.62. The number of rotatable bonds is 4. The van der Waals surface area contributed by atoms with E-state index in [1.807, 2.05) is 0 Å². The van der Waals surface area contributed by atoms with E-state index in [2.05, 4.69) is 4.98 Å². The third-order valence-corrected chi connectivity index (χ3v) is 6.58. The normalized spacial score (nSPS) is 11.4. The molecule has 0 aliphatic carbocycles. The molecular weight excluding hydrogens is 439 g/mol. The summed E-state index contributed by atoms with van der Waals surface area (Å²) in [7, 11) is 0. The average Bonchev–Trinajstić information content (AvgIpc) is 3.21. The van der Waals surface area contributed by atoms with Crippen LogP contribution in [0.15, 0.2) is 79.1 Å². The van der Waals surface area contributed by atoms with E-state index in [1.165, 1.54) is 70.1 Å². The van der Waals surface area contributed by atoms with Gasteiger partial charge in [0.15, 0.2) is 5.16 Å². The van der Waals surface area contributed by atoms with E-state index in [0.717, 1.165) is 0 Å². The summed E-state index contributed by atoms with van der Waals surface area (Å²) in [6.07, 6.45) is 0. The molecule has 2 aromatic carbocycles. The number of halogens is 1. The van der Waals surface area contributed by atoms with Crippen LogP contribution in [0, 0.1) is 5.82 Å². The molecular formula is C22H13FN2O4S2. The number of thioether (sulfide) groups is 1. The van der Waals surface area contributed by atoms with E-state index < -0.39 is 11.4 Å². The van der Waals surface area contributed by atoms with E-state index >= 15 is 0 Å². The Labute approximate surface area is 182 Å². The van der Waals surface area contributed by atoms with Crippen molar-refractivity contribution < 1.29 is 13.9 Å². The second-order valence-electron chi connectivity index (χ2n) is 6.71. The monoisotopic (exact) mass is 452 g/mol. The maximum atomic E-state index is 13.4. The highest BCUT2D eigenvalue weighted by molar-refractivity contribution is 7.98. The molecule has 154 valence electrons. The molecule has 5 rings (SSSR count). The van der Waals surface area contributed by atoms with Gasteiger partial charge in [-0.1, -0.05) is 11.8 Å². The van der Waals surface area contributed by atoms with E-state index in [1.54, 1.807) is 17.5 Å². The van der Waals surface area contributed by atoms with Crippen molar-refractivity contribution in [1.29, 1.82) is 0 Å². The SMILES string of the molecule is O=c1cc(CSc2nc3ccsc3c(=O)n2-c2ccc(F)cc2)c2ccc(O)cc2o1. The van der Waals surface area contributed by atoms with Crippen molar-refractivity contribution in [2.24, 2.45) is 0 Å². The van der Waals surface area contributed by atoms with Crippen molar-refractivity contribution in [3.8, 4) is 11.4 Å². The molecule has 0 bridgehead atoms. The quantitative estimate of drug-likeness (QED) is 0.242. The van der Waals surface area contributed by atoms with Crippen LogP contribution in [0.4, 0.5) is 4.39 Å². The molecule has 31 heavy (non-hydrogen) atoms. The highest BCUT2D eigenvalue weighted by Crippen LogP contribution is 2.29. The maximum Gasteiger partial charge on any atom is 0.336 e. The van der Waals surface area contributed by atoms with E-state index in [0.29, 0.717) is 37.8 Å². The summed E-state index contributed by atoms with van der Waals surface area (Å²) >= 11 is 2.58. The predicted octanol–water partition coefficient (Wildman–Crippen LogP) is 4.69. The summed E-state index contributed by atoms with van der Waals surface area (Å²) in [6.45, 7) is 0. The molecule has 0 fully saturated rings. The molecule has 3 heterocycles. The van der Waals surface area contributed by atoms with E-state index in [9.17, 15) is 19.1 Å². The van der Waals surface area contributed by atoms with Crippen LogP contribution >= 0.6 is 23.1 Å². The second-order valence-corrected chi connectivity index (χ2v) is 8.56. The van der Waals surface area contributed by atoms with E-state index in [-0.39, 0.29) is 16.9 Å². The smallest absolute Gasteiger partial charge is 0.336 e. The Kier molecular flexibility index (Phi) is 4.84. The Morgan fingerprint density at radius 3 is 2.71 bits per heavy atom. The largest absolute Gasteiger partial charge is 0.508 e. The standard InChI is InChI=1S/C22H13FN2O4S2/c23-13-1-3-14(4-2-13)25-21(28)20-17(7-8-30-20)24-22(25)31-11-12-9-19(27)29-18-10-15(26)5-6-16(12)18/h1-10,26H,11H2. The summed E-state index contributed by atoms with van der Waals surface area (Å²) in [5, 5.41) is 12.6. The lowest BCUT2D eigenvalue weighted by atomic mass is 10.1. The molecule has 0 aliphatic rings. The Hall–Kier alpha value is -3.43. The van der Waals surface area contributed by atoms with Crippen LogP contribution in [-0.2, 0) is 5.75 Å². The number of nitrogens with zero attached hydrogens (tertiary/aromatic N) is 2. The van der Waals surface area contributed by atoms with Gasteiger partial charge in [0.2, 0.25) is 0 Å². The van der Waals surface area contributed by atoms with Gasteiger partial charge in [-0.25, -0.2) is 14.2 Å². The Bertz CT molecular complexity index is 1550. The number of aromatic hydroxyl groups is 1. The fourth-order valence-corrected chi connectivity index (χ4v) is 5.05. The zero-order chi connectivity index (χ0) is 21.5. The lowest BCUT2D eigenvalue weighted by Crippen LogP contribution is -2.20. The number of thiophene rings is 1. The van der Waals surface area contributed by atoms with Crippen molar-refractivity contribution in [3.05, 3.63) is 92.1 Å². The van der Waals surface area contributed by atoms with Gasteiger partial charge in [0.25, 0.3) is 5.56 Å².